The molecule has 2 heterocycles. The molecule has 194 valence electrons. The van der Waals surface area contributed by atoms with Gasteiger partial charge in [0.25, 0.3) is 0 Å². The van der Waals surface area contributed by atoms with Crippen LogP contribution in [0.1, 0.15) is 5.56 Å². The Labute approximate surface area is 219 Å². The van der Waals surface area contributed by atoms with E-state index in [1.807, 2.05) is 47.0 Å². The zero-order chi connectivity index (χ0) is 26.5. The SMILES string of the molecule is COc1cc(Nc2nc(NCCc3ccc(O)cc3)c3ncn(-c4ccccc4)c3n2)cc(OC)c1OC. The number of fused-ring (bicyclic) bond motifs is 1. The van der Waals surface area contributed by atoms with Gasteiger partial charge in [0, 0.05) is 30.1 Å². The van der Waals surface area contributed by atoms with Crippen molar-refractivity contribution in [3.63, 3.8) is 0 Å². The van der Waals surface area contributed by atoms with Crippen LogP contribution in [0.15, 0.2) is 73.1 Å². The summed E-state index contributed by atoms with van der Waals surface area (Å²) in [5, 5.41) is 16.2. The smallest absolute Gasteiger partial charge is 0.231 e. The molecule has 0 unspecified atom stereocenters. The Morgan fingerprint density at radius 2 is 1.58 bits per heavy atom. The molecule has 5 rings (SSSR count). The second kappa shape index (κ2) is 11.0. The lowest BCUT2D eigenvalue weighted by Gasteiger charge is -2.15. The number of methoxy groups -OCH3 is 3. The molecule has 0 amide bonds. The maximum Gasteiger partial charge on any atom is 0.231 e. The number of aromatic nitrogens is 4. The quantitative estimate of drug-likeness (QED) is 0.239. The molecule has 10 heteroatoms. The van der Waals surface area contributed by atoms with Crippen LogP contribution in [0, 0.1) is 0 Å². The van der Waals surface area contributed by atoms with Crippen LogP contribution >= 0.6 is 0 Å². The minimum atomic E-state index is 0.244. The number of hydrogen-bond donors (Lipinski definition) is 3. The van der Waals surface area contributed by atoms with Crippen LogP contribution in [0.2, 0.25) is 0 Å². The molecule has 0 saturated carbocycles. The topological polar surface area (TPSA) is 116 Å². The number of phenols is 1. The highest BCUT2D eigenvalue weighted by Crippen LogP contribution is 2.40. The standard InChI is InChI=1S/C28H28N6O4/c1-36-22-15-19(16-23(37-2)25(22)38-3)31-28-32-26(29-14-13-18-9-11-21(35)12-10-18)24-27(33-28)34(17-30-24)20-7-5-4-6-8-20/h4-12,15-17,35H,13-14H2,1-3H3,(H2,29,31,32,33). The van der Waals surface area contributed by atoms with Crippen LogP contribution in [0.4, 0.5) is 17.5 Å². The van der Waals surface area contributed by atoms with E-state index in [1.54, 1.807) is 51.9 Å². The molecule has 3 N–H and O–H groups in total. The molecule has 38 heavy (non-hydrogen) atoms. The van der Waals surface area contributed by atoms with E-state index < -0.39 is 0 Å². The molecule has 0 aliphatic carbocycles. The molecule has 0 radical (unpaired) electrons. The number of anilines is 3. The maximum absolute atomic E-state index is 9.55. The van der Waals surface area contributed by atoms with Crippen molar-refractivity contribution in [2.45, 2.75) is 6.42 Å². The molecular weight excluding hydrogens is 484 g/mol. The number of phenolic OH excluding ortho intramolecular Hbond substituents is 1. The molecule has 0 saturated heterocycles. The second-order valence-corrected chi connectivity index (χ2v) is 8.40. The van der Waals surface area contributed by atoms with Gasteiger partial charge in [0.15, 0.2) is 28.5 Å². The predicted octanol–water partition coefficient (Wildman–Crippen LogP) is 4.95. The Balaban J connectivity index is 1.51. The fourth-order valence-electron chi connectivity index (χ4n) is 4.13. The van der Waals surface area contributed by atoms with Gasteiger partial charge in [-0.3, -0.25) is 4.57 Å². The van der Waals surface area contributed by atoms with Gasteiger partial charge in [-0.1, -0.05) is 30.3 Å². The summed E-state index contributed by atoms with van der Waals surface area (Å²) >= 11 is 0. The van der Waals surface area contributed by atoms with Gasteiger partial charge >= 0.3 is 0 Å². The average Bonchev–Trinajstić information content (AvgIpc) is 3.38. The highest BCUT2D eigenvalue weighted by Gasteiger charge is 2.17. The van der Waals surface area contributed by atoms with Crippen molar-refractivity contribution in [1.82, 2.24) is 19.5 Å². The third-order valence-electron chi connectivity index (χ3n) is 5.99. The highest BCUT2D eigenvalue weighted by atomic mass is 16.5. The summed E-state index contributed by atoms with van der Waals surface area (Å²) in [7, 11) is 4.70. The minimum absolute atomic E-state index is 0.244. The number of rotatable bonds is 10. The first-order chi connectivity index (χ1) is 18.6. The van der Waals surface area contributed by atoms with Crippen molar-refractivity contribution in [3.05, 3.63) is 78.6 Å². The molecule has 3 aromatic carbocycles. The molecule has 0 aliphatic rings. The first-order valence-electron chi connectivity index (χ1n) is 12.0. The van der Waals surface area contributed by atoms with E-state index in [4.69, 9.17) is 24.2 Å². The molecule has 5 aromatic rings. The minimum Gasteiger partial charge on any atom is -0.508 e. The van der Waals surface area contributed by atoms with E-state index in [0.29, 0.717) is 52.4 Å². The van der Waals surface area contributed by atoms with E-state index >= 15 is 0 Å². The number of benzene rings is 3. The van der Waals surface area contributed by atoms with Crippen molar-refractivity contribution in [1.29, 1.82) is 0 Å². The van der Waals surface area contributed by atoms with E-state index in [-0.39, 0.29) is 5.75 Å². The van der Waals surface area contributed by atoms with Crippen LogP contribution in [0.3, 0.4) is 0 Å². The first-order valence-corrected chi connectivity index (χ1v) is 12.0. The summed E-state index contributed by atoms with van der Waals surface area (Å²) in [6.07, 6.45) is 2.48. The molecule has 0 fully saturated rings. The van der Waals surface area contributed by atoms with E-state index in [2.05, 4.69) is 15.6 Å². The third-order valence-corrected chi connectivity index (χ3v) is 5.99. The first kappa shape index (κ1) is 24.7. The number of imidazole rings is 1. The fourth-order valence-corrected chi connectivity index (χ4v) is 4.13. The van der Waals surface area contributed by atoms with Gasteiger partial charge in [0.05, 0.1) is 21.3 Å². The lowest BCUT2D eigenvalue weighted by molar-refractivity contribution is 0.324. The lowest BCUT2D eigenvalue weighted by atomic mass is 10.1. The third kappa shape index (κ3) is 5.10. The lowest BCUT2D eigenvalue weighted by Crippen LogP contribution is -2.09. The van der Waals surface area contributed by atoms with Crippen LogP contribution in [0.25, 0.3) is 16.9 Å². The van der Waals surface area contributed by atoms with Gasteiger partial charge in [-0.2, -0.15) is 9.97 Å². The summed E-state index contributed by atoms with van der Waals surface area (Å²) in [6.45, 7) is 0.610. The molecule has 0 spiro atoms. The van der Waals surface area contributed by atoms with Gasteiger partial charge < -0.3 is 30.0 Å². The van der Waals surface area contributed by atoms with Crippen LogP contribution < -0.4 is 24.8 Å². The van der Waals surface area contributed by atoms with Gasteiger partial charge in [-0.05, 0) is 36.2 Å². The van der Waals surface area contributed by atoms with E-state index in [0.717, 1.165) is 17.7 Å². The number of ether oxygens (including phenoxy) is 3. The van der Waals surface area contributed by atoms with Gasteiger partial charge in [-0.15, -0.1) is 0 Å². The summed E-state index contributed by atoms with van der Waals surface area (Å²) in [5.41, 5.74) is 3.98. The number of hydrogen-bond acceptors (Lipinski definition) is 9. The zero-order valence-corrected chi connectivity index (χ0v) is 21.3. The van der Waals surface area contributed by atoms with Crippen LogP contribution in [-0.2, 0) is 6.42 Å². The Kier molecular flexibility index (Phi) is 7.12. The molecule has 0 atom stereocenters. The normalized spacial score (nSPS) is 10.8. The molecule has 0 bridgehead atoms. The number of nitrogens with zero attached hydrogens (tertiary/aromatic N) is 4. The monoisotopic (exact) mass is 512 g/mol. The van der Waals surface area contributed by atoms with Crippen LogP contribution in [-0.4, -0.2) is 52.5 Å². The van der Waals surface area contributed by atoms with Gasteiger partial charge in [0.1, 0.15) is 12.1 Å². The van der Waals surface area contributed by atoms with Crippen molar-refractivity contribution >= 4 is 28.6 Å². The largest absolute Gasteiger partial charge is 0.508 e. The number of para-hydroxylation sites is 1. The van der Waals surface area contributed by atoms with Gasteiger partial charge in [-0.25, -0.2) is 4.98 Å². The zero-order valence-electron chi connectivity index (χ0n) is 21.3. The second-order valence-electron chi connectivity index (χ2n) is 8.40. The maximum atomic E-state index is 9.55. The Morgan fingerprint density at radius 1 is 0.868 bits per heavy atom. The average molecular weight is 513 g/mol. The van der Waals surface area contributed by atoms with E-state index in [1.165, 1.54) is 0 Å². The van der Waals surface area contributed by atoms with Gasteiger partial charge in [0.2, 0.25) is 11.7 Å². The van der Waals surface area contributed by atoms with E-state index in [9.17, 15) is 5.11 Å². The highest BCUT2D eigenvalue weighted by molar-refractivity contribution is 5.86. The van der Waals surface area contributed by atoms with Crippen molar-refractivity contribution in [2.75, 3.05) is 38.5 Å². The summed E-state index contributed by atoms with van der Waals surface area (Å²) in [5.74, 6) is 2.73. The molecule has 0 aliphatic heterocycles. The van der Waals surface area contributed by atoms with Crippen molar-refractivity contribution in [3.8, 4) is 28.7 Å². The summed E-state index contributed by atoms with van der Waals surface area (Å²) < 4.78 is 18.3. The fraction of sp³-hybridized carbons (Fsp3) is 0.179. The van der Waals surface area contributed by atoms with Crippen molar-refractivity contribution < 1.29 is 19.3 Å². The molecule has 2 aromatic heterocycles. The predicted molar refractivity (Wildman–Crippen MR) is 146 cm³/mol. The molecular formula is C28H28N6O4. The van der Waals surface area contributed by atoms with Crippen molar-refractivity contribution in [2.24, 2.45) is 0 Å². The number of nitrogens with one attached hydrogen (secondary N) is 2. The Hall–Kier alpha value is -4.99. The summed E-state index contributed by atoms with van der Waals surface area (Å²) in [6, 6.07) is 20.6. The molecule has 10 nitrogen and oxygen atoms in total. The van der Waals surface area contributed by atoms with Crippen LogP contribution in [0.5, 0.6) is 23.0 Å². The Morgan fingerprint density at radius 3 is 2.24 bits per heavy atom. The summed E-state index contributed by atoms with van der Waals surface area (Å²) in [4.78, 5) is 14.2. The Bertz CT molecular complexity index is 1510. The number of aromatic hydroxyl groups is 1.